The van der Waals surface area contributed by atoms with E-state index >= 15 is 0 Å². The van der Waals surface area contributed by atoms with E-state index in [0.717, 1.165) is 13.0 Å². The first kappa shape index (κ1) is 18.6. The second kappa shape index (κ2) is 10.4. The molecule has 0 aliphatic carbocycles. The molecule has 0 aromatic carbocycles. The second-order valence-electron chi connectivity index (χ2n) is 3.91. The third-order valence-corrected chi connectivity index (χ3v) is 3.07. The first-order valence-electron chi connectivity index (χ1n) is 5.52. The van der Waals surface area contributed by atoms with E-state index in [-0.39, 0.29) is 12.3 Å². The molecule has 0 aliphatic rings. The van der Waals surface area contributed by atoms with Gasteiger partial charge in [0.15, 0.2) is 0 Å². The van der Waals surface area contributed by atoms with Gasteiger partial charge in [0, 0.05) is 6.54 Å². The third kappa shape index (κ3) is 9.47. The Morgan fingerprint density at radius 3 is 2.50 bits per heavy atom. The Morgan fingerprint density at radius 1 is 1.44 bits per heavy atom. The molecule has 2 N–H and O–H groups in total. The molecule has 7 heteroatoms. The third-order valence-electron chi connectivity index (χ3n) is 2.05. The number of carboxylic acids is 1. The second-order valence-corrected chi connectivity index (χ2v) is 5.22. The molecule has 0 heterocycles. The van der Waals surface area contributed by atoms with Crippen molar-refractivity contribution in [1.29, 1.82) is 0 Å². The predicted molar refractivity (Wildman–Crippen MR) is 70.0 cm³/mol. The number of rotatable bonds is 9. The predicted octanol–water partition coefficient (Wildman–Crippen LogP) is 0.465. The van der Waals surface area contributed by atoms with Crippen molar-refractivity contribution in [1.82, 2.24) is 10.2 Å². The van der Waals surface area contributed by atoms with Gasteiger partial charge in [-0.1, -0.05) is 0 Å². The number of carbonyl (C=O) groups excluding carboxylic acids is 1. The Labute approximate surface area is 107 Å². The van der Waals surface area contributed by atoms with Crippen molar-refractivity contribution in [3.05, 3.63) is 6.92 Å². The summed E-state index contributed by atoms with van der Waals surface area (Å²) in [5, 5.41) is 10.9. The molecule has 0 aromatic rings. The zero-order valence-electron chi connectivity index (χ0n) is 11.1. The molecular weight excluding hydrogens is 507 g/mol. The molecule has 1 amide bonds. The van der Waals surface area contributed by atoms with E-state index in [2.05, 4.69) is 12.2 Å². The van der Waals surface area contributed by atoms with Gasteiger partial charge in [0.05, 0.1) is 11.7 Å². The fourth-order valence-corrected chi connectivity index (χ4v) is 2.03. The van der Waals surface area contributed by atoms with E-state index in [0.29, 0.717) is 12.3 Å². The van der Waals surface area contributed by atoms with E-state index in [9.17, 15) is 9.59 Å². The van der Waals surface area contributed by atoms with E-state index in [1.165, 1.54) is 11.8 Å². The summed E-state index contributed by atoms with van der Waals surface area (Å²) in [7, 11) is 3.93. The van der Waals surface area contributed by atoms with E-state index < -0.39 is 11.2 Å². The zero-order chi connectivity index (χ0) is 13.3. The summed E-state index contributed by atoms with van der Waals surface area (Å²) < 4.78 is 0. The molecule has 0 spiro atoms. The molecule has 18 heavy (non-hydrogen) atoms. The minimum atomic E-state index is -0.959. The SMILES string of the molecule is [CH2-]CSC(CC(=O)O)C(=O)NCCCN(C)C.[Rf]. The van der Waals surface area contributed by atoms with Crippen molar-refractivity contribution in [3.8, 4) is 0 Å². The van der Waals surface area contributed by atoms with E-state index in [1.807, 2.05) is 19.0 Å². The largest absolute Gasteiger partial charge is 0.481 e. The molecule has 0 bridgehead atoms. The summed E-state index contributed by atoms with van der Waals surface area (Å²) >= 11 is 1.26. The number of carboxylic acid groups (broad SMARTS) is 1. The summed E-state index contributed by atoms with van der Waals surface area (Å²) in [6, 6.07) is 0. The Morgan fingerprint density at radius 2 is 2.06 bits per heavy atom. The number of aliphatic carboxylic acids is 1. The minimum Gasteiger partial charge on any atom is -0.481 e. The molecule has 0 saturated carbocycles. The molecule has 0 aromatic heterocycles. The number of hydrogen-bond acceptors (Lipinski definition) is 4. The Bertz CT molecular complexity index is 252. The smallest absolute Gasteiger partial charge is 0.305 e. The maximum Gasteiger partial charge on any atom is 0.305 e. The standard InChI is InChI=1S/C11H21N2O3S.Rf/c1-4-17-9(8-10(14)15)11(16)12-6-5-7-13(2)3;/h9H,1,4-8H2,2-3H3,(H,12,16)(H,14,15);/q-1;. The van der Waals surface area contributed by atoms with Gasteiger partial charge in [0.2, 0.25) is 5.91 Å². The zero-order valence-corrected chi connectivity index (χ0v) is 18.4. The molecule has 0 saturated heterocycles. The fraction of sp³-hybridized carbons (Fsp3) is 0.727. The van der Waals surface area contributed by atoms with Crippen molar-refractivity contribution >= 4 is 23.6 Å². The monoisotopic (exact) mass is 528 g/mol. The molecule has 5 nitrogen and oxygen atoms in total. The first-order valence-corrected chi connectivity index (χ1v) is 6.57. The normalized spacial score (nSPS) is 11.8. The van der Waals surface area contributed by atoms with Gasteiger partial charge in [0.1, 0.15) is 0 Å². The van der Waals surface area contributed by atoms with Gasteiger partial charge < -0.3 is 22.2 Å². The van der Waals surface area contributed by atoms with Gasteiger partial charge in [0.25, 0.3) is 0 Å². The molecule has 0 radical (unpaired) electrons. The minimum absolute atomic E-state index is 0. The van der Waals surface area contributed by atoms with Crippen LogP contribution < -0.4 is 5.32 Å². The van der Waals surface area contributed by atoms with Gasteiger partial charge in [-0.15, -0.1) is 5.75 Å². The number of thioether (sulfide) groups is 1. The Hall–Kier alpha value is -1.75. The number of amides is 1. The van der Waals surface area contributed by atoms with Crippen LogP contribution in [0.2, 0.25) is 0 Å². The maximum atomic E-state index is 11.7. The topological polar surface area (TPSA) is 69.6 Å². The van der Waals surface area contributed by atoms with Crippen molar-refractivity contribution < 1.29 is 14.7 Å². The van der Waals surface area contributed by atoms with E-state index in [1.54, 1.807) is 0 Å². The molecule has 0 aliphatic heterocycles. The van der Waals surface area contributed by atoms with Crippen molar-refractivity contribution in [2.24, 2.45) is 0 Å². The molecule has 1 atom stereocenters. The number of nitrogens with one attached hydrogen (secondary N) is 1. The fourth-order valence-electron chi connectivity index (χ4n) is 1.25. The van der Waals surface area contributed by atoms with Crippen LogP contribution in [0.25, 0.3) is 0 Å². The average molecular weight is 528 g/mol. The van der Waals surface area contributed by atoms with Gasteiger partial charge >= 0.3 is 5.97 Å². The van der Waals surface area contributed by atoms with Crippen LogP contribution in [0.3, 0.4) is 0 Å². The maximum absolute atomic E-state index is 11.7. The summed E-state index contributed by atoms with van der Waals surface area (Å²) in [5.74, 6) is -0.678. The van der Waals surface area contributed by atoms with Crippen LogP contribution in [0.15, 0.2) is 0 Å². The van der Waals surface area contributed by atoms with Gasteiger partial charge in [-0.25, -0.2) is 0 Å². The van der Waals surface area contributed by atoms with Gasteiger partial charge in [-0.2, -0.15) is 11.8 Å². The summed E-state index contributed by atoms with van der Waals surface area (Å²) in [6.45, 7) is 5.09. The molecule has 0 fully saturated rings. The number of nitrogens with zero attached hydrogens (tertiary/aromatic N) is 1. The van der Waals surface area contributed by atoms with Crippen LogP contribution in [0.4, 0.5) is 0 Å². The van der Waals surface area contributed by atoms with Crippen molar-refractivity contribution in [2.45, 2.75) is 18.1 Å². The van der Waals surface area contributed by atoms with Crippen LogP contribution >= 0.6 is 11.8 Å². The Balaban J connectivity index is 0. The van der Waals surface area contributed by atoms with Gasteiger partial charge in [-0.05, 0) is 27.1 Å². The Kier molecular flexibility index (Phi) is 10.8. The van der Waals surface area contributed by atoms with Crippen LogP contribution in [0.1, 0.15) is 12.8 Å². The number of carbonyl (C=O) groups is 2. The van der Waals surface area contributed by atoms with Crippen LogP contribution in [-0.4, -0.2) is 60.1 Å². The van der Waals surface area contributed by atoms with Crippen LogP contribution in [0, 0.1) is 6.92 Å². The average Bonchev–Trinajstić information content (AvgIpc) is 2.22. The van der Waals surface area contributed by atoms with Crippen LogP contribution in [0.5, 0.6) is 0 Å². The molecule has 1 unspecified atom stereocenters. The van der Waals surface area contributed by atoms with Crippen molar-refractivity contribution in [3.63, 3.8) is 0 Å². The first-order chi connectivity index (χ1) is 7.97. The van der Waals surface area contributed by atoms with Gasteiger partial charge in [-0.3, -0.25) is 9.59 Å². The quantitative estimate of drug-likeness (QED) is 0.337. The number of hydrogen-bond donors (Lipinski definition) is 2. The van der Waals surface area contributed by atoms with Crippen molar-refractivity contribution in [2.75, 3.05) is 32.9 Å². The molecule has 102 valence electrons. The van der Waals surface area contributed by atoms with Crippen LogP contribution in [-0.2, 0) is 9.59 Å². The molecule has 0 rings (SSSR count). The summed E-state index contributed by atoms with van der Waals surface area (Å²) in [5.41, 5.74) is 0. The summed E-state index contributed by atoms with van der Waals surface area (Å²) in [6.07, 6.45) is 0.702. The summed E-state index contributed by atoms with van der Waals surface area (Å²) in [4.78, 5) is 24.3. The van der Waals surface area contributed by atoms with E-state index in [4.69, 9.17) is 5.11 Å². The molecular formula is C11H21N2O3RfS-.